The molecule has 0 radical (unpaired) electrons. The molecule has 2 rings (SSSR count). The van der Waals surface area contributed by atoms with Gasteiger partial charge in [0.1, 0.15) is 5.82 Å². The maximum atomic E-state index is 13.7. The van der Waals surface area contributed by atoms with Crippen LogP contribution in [0.3, 0.4) is 0 Å². The molecule has 0 fully saturated rings. The minimum absolute atomic E-state index is 0.00880. The average Bonchev–Trinajstić information content (AvgIpc) is 2.55. The number of amides is 1. The molecule has 0 spiro atoms. The third kappa shape index (κ3) is 4.91. The van der Waals surface area contributed by atoms with Crippen LogP contribution >= 0.6 is 34.2 Å². The molecule has 0 aromatic heterocycles. The first-order valence-electron chi connectivity index (χ1n) is 6.98. The van der Waals surface area contributed by atoms with Gasteiger partial charge in [0.15, 0.2) is 6.61 Å². The van der Waals surface area contributed by atoms with Gasteiger partial charge in [-0.3, -0.25) is 4.79 Å². The van der Waals surface area contributed by atoms with Gasteiger partial charge in [-0.05, 0) is 52.9 Å². The molecular weight excluding hydrogens is 448 g/mol. The molecule has 2 aromatic carbocycles. The average molecular weight is 462 g/mol. The zero-order valence-corrected chi connectivity index (χ0v) is 15.7. The van der Waals surface area contributed by atoms with Crippen molar-refractivity contribution in [3.63, 3.8) is 0 Å². The fourth-order valence-corrected chi connectivity index (χ4v) is 2.71. The van der Waals surface area contributed by atoms with Crippen LogP contribution in [0.2, 0.25) is 5.02 Å². The zero-order valence-electron chi connectivity index (χ0n) is 12.8. The van der Waals surface area contributed by atoms with Crippen molar-refractivity contribution >= 4 is 46.1 Å². The Labute approximate surface area is 157 Å². The number of carbonyl (C=O) groups is 2. The van der Waals surface area contributed by atoms with Gasteiger partial charge in [-0.1, -0.05) is 23.7 Å². The summed E-state index contributed by atoms with van der Waals surface area (Å²) in [5, 5.41) is 0.241. The summed E-state index contributed by atoms with van der Waals surface area (Å²) in [6, 6.07) is 11.2. The number of nitrogens with zero attached hydrogens (tertiary/aromatic N) is 1. The van der Waals surface area contributed by atoms with Crippen LogP contribution < -0.4 is 0 Å². The molecule has 0 aliphatic heterocycles. The van der Waals surface area contributed by atoms with Crippen LogP contribution in [-0.2, 0) is 16.1 Å². The first kappa shape index (κ1) is 18.7. The van der Waals surface area contributed by atoms with Crippen molar-refractivity contribution in [2.75, 3.05) is 13.7 Å². The Bertz CT molecular complexity index is 749. The van der Waals surface area contributed by atoms with Crippen LogP contribution in [0.4, 0.5) is 4.39 Å². The third-order valence-electron chi connectivity index (χ3n) is 3.27. The third-order valence-corrected chi connectivity index (χ3v) is 4.29. The summed E-state index contributed by atoms with van der Waals surface area (Å²) in [5.41, 5.74) is 0.591. The molecule has 0 atom stereocenters. The highest BCUT2D eigenvalue weighted by molar-refractivity contribution is 14.1. The number of hydrogen-bond donors (Lipinski definition) is 0. The molecular formula is C17H14ClFINO3. The van der Waals surface area contributed by atoms with E-state index in [0.717, 1.165) is 3.57 Å². The fourth-order valence-electron chi connectivity index (χ4n) is 1.94. The van der Waals surface area contributed by atoms with Crippen LogP contribution in [-0.4, -0.2) is 30.4 Å². The largest absolute Gasteiger partial charge is 0.452 e. The summed E-state index contributed by atoms with van der Waals surface area (Å²) >= 11 is 8.02. The van der Waals surface area contributed by atoms with E-state index in [0.29, 0.717) is 5.56 Å². The number of esters is 1. The summed E-state index contributed by atoms with van der Waals surface area (Å²) < 4.78 is 19.6. The normalized spacial score (nSPS) is 10.3. The molecule has 0 aliphatic carbocycles. The minimum Gasteiger partial charge on any atom is -0.452 e. The van der Waals surface area contributed by atoms with Crippen molar-refractivity contribution < 1.29 is 18.7 Å². The first-order valence-corrected chi connectivity index (χ1v) is 8.43. The number of carbonyl (C=O) groups excluding carboxylic acids is 2. The molecule has 0 saturated heterocycles. The Balaban J connectivity index is 1.93. The maximum Gasteiger partial charge on any atom is 0.338 e. The van der Waals surface area contributed by atoms with Gasteiger partial charge in [-0.25, -0.2) is 9.18 Å². The topological polar surface area (TPSA) is 46.6 Å². The highest BCUT2D eigenvalue weighted by Crippen LogP contribution is 2.20. The minimum atomic E-state index is -0.584. The van der Waals surface area contributed by atoms with E-state index >= 15 is 0 Å². The Kier molecular flexibility index (Phi) is 6.56. The molecule has 0 N–H and O–H groups in total. The first-order chi connectivity index (χ1) is 11.4. The van der Waals surface area contributed by atoms with Crippen LogP contribution in [0.25, 0.3) is 0 Å². The van der Waals surface area contributed by atoms with E-state index in [4.69, 9.17) is 16.3 Å². The number of halogens is 3. The van der Waals surface area contributed by atoms with Crippen LogP contribution in [0, 0.1) is 9.39 Å². The number of likely N-dealkylation sites (N-methyl/N-ethyl adjacent to an activating group) is 1. The van der Waals surface area contributed by atoms with Gasteiger partial charge < -0.3 is 9.64 Å². The number of benzene rings is 2. The Morgan fingerprint density at radius 1 is 1.25 bits per heavy atom. The van der Waals surface area contributed by atoms with Crippen molar-refractivity contribution in [2.45, 2.75) is 6.54 Å². The van der Waals surface area contributed by atoms with Gasteiger partial charge in [0.2, 0.25) is 0 Å². The van der Waals surface area contributed by atoms with Gasteiger partial charge >= 0.3 is 5.97 Å². The van der Waals surface area contributed by atoms with Gasteiger partial charge in [0.05, 0.1) is 5.56 Å². The van der Waals surface area contributed by atoms with E-state index in [9.17, 15) is 14.0 Å². The molecule has 2 aromatic rings. The highest BCUT2D eigenvalue weighted by atomic mass is 127. The molecule has 126 valence electrons. The molecule has 0 heterocycles. The second-order valence-electron chi connectivity index (χ2n) is 5.04. The van der Waals surface area contributed by atoms with Crippen LogP contribution in [0.1, 0.15) is 15.9 Å². The van der Waals surface area contributed by atoms with E-state index < -0.39 is 24.3 Å². The van der Waals surface area contributed by atoms with E-state index in [2.05, 4.69) is 22.6 Å². The van der Waals surface area contributed by atoms with Crippen molar-refractivity contribution in [3.8, 4) is 0 Å². The lowest BCUT2D eigenvalue weighted by atomic mass is 10.2. The van der Waals surface area contributed by atoms with E-state index in [1.54, 1.807) is 24.3 Å². The summed E-state index contributed by atoms with van der Waals surface area (Å²) in [5.74, 6) is -1.52. The predicted molar refractivity (Wildman–Crippen MR) is 97.3 cm³/mol. The smallest absolute Gasteiger partial charge is 0.338 e. The standard InChI is InChI=1S/C17H14ClFINO3/c1-21(9-13-14(18)6-3-7-15(13)19)16(22)10-24-17(23)11-4-2-5-12(20)8-11/h2-8H,9-10H2,1H3. The molecule has 1 amide bonds. The number of rotatable bonds is 5. The van der Waals surface area contributed by atoms with E-state index in [-0.39, 0.29) is 17.1 Å². The Morgan fingerprint density at radius 3 is 2.62 bits per heavy atom. The van der Waals surface area contributed by atoms with Crippen LogP contribution in [0.5, 0.6) is 0 Å². The fraction of sp³-hybridized carbons (Fsp3) is 0.176. The summed E-state index contributed by atoms with van der Waals surface area (Å²) in [7, 11) is 1.49. The Morgan fingerprint density at radius 2 is 1.96 bits per heavy atom. The number of hydrogen-bond acceptors (Lipinski definition) is 3. The molecule has 24 heavy (non-hydrogen) atoms. The summed E-state index contributed by atoms with van der Waals surface area (Å²) in [6.45, 7) is -0.433. The lowest BCUT2D eigenvalue weighted by molar-refractivity contribution is -0.133. The van der Waals surface area contributed by atoms with Crippen molar-refractivity contribution in [1.82, 2.24) is 4.90 Å². The zero-order chi connectivity index (χ0) is 17.7. The second kappa shape index (κ2) is 8.43. The lowest BCUT2D eigenvalue weighted by Gasteiger charge is -2.18. The summed E-state index contributed by atoms with van der Waals surface area (Å²) in [4.78, 5) is 25.2. The molecule has 0 bridgehead atoms. The monoisotopic (exact) mass is 461 g/mol. The quantitative estimate of drug-likeness (QED) is 0.501. The molecule has 0 saturated carbocycles. The molecule has 0 unspecified atom stereocenters. The molecule has 0 aliphatic rings. The van der Waals surface area contributed by atoms with E-state index in [1.165, 1.54) is 24.1 Å². The van der Waals surface area contributed by atoms with Crippen molar-refractivity contribution in [2.24, 2.45) is 0 Å². The summed E-state index contributed by atoms with van der Waals surface area (Å²) in [6.07, 6.45) is 0. The van der Waals surface area contributed by atoms with Gasteiger partial charge in [0, 0.05) is 27.7 Å². The van der Waals surface area contributed by atoms with E-state index in [1.807, 2.05) is 6.07 Å². The van der Waals surface area contributed by atoms with Crippen molar-refractivity contribution in [3.05, 3.63) is 68.0 Å². The predicted octanol–water partition coefficient (Wildman–Crippen LogP) is 3.90. The van der Waals surface area contributed by atoms with Gasteiger partial charge in [-0.15, -0.1) is 0 Å². The Hall–Kier alpha value is -1.67. The van der Waals surface area contributed by atoms with Gasteiger partial charge in [-0.2, -0.15) is 0 Å². The lowest BCUT2D eigenvalue weighted by Crippen LogP contribution is -2.31. The second-order valence-corrected chi connectivity index (χ2v) is 6.69. The number of ether oxygens (including phenoxy) is 1. The van der Waals surface area contributed by atoms with Gasteiger partial charge in [0.25, 0.3) is 5.91 Å². The molecule has 4 nitrogen and oxygen atoms in total. The maximum absolute atomic E-state index is 13.7. The van der Waals surface area contributed by atoms with Crippen molar-refractivity contribution in [1.29, 1.82) is 0 Å². The highest BCUT2D eigenvalue weighted by Gasteiger charge is 2.16. The molecule has 7 heteroatoms. The SMILES string of the molecule is CN(Cc1c(F)cccc1Cl)C(=O)COC(=O)c1cccc(I)c1. The van der Waals surface area contributed by atoms with Crippen LogP contribution in [0.15, 0.2) is 42.5 Å².